The van der Waals surface area contributed by atoms with E-state index in [9.17, 15) is 9.90 Å². The summed E-state index contributed by atoms with van der Waals surface area (Å²) in [5.41, 5.74) is 0.667. The molecule has 1 aromatic rings. The number of rotatable bonds is 2. The first-order valence-electron chi connectivity index (χ1n) is 6.58. The average molecular weight is 263 g/mol. The predicted octanol–water partition coefficient (Wildman–Crippen LogP) is 1.75. The SMILES string of the molecule is CC(O)C(=O)N1CC(c2ccccc2)OCC1(C)C. The number of aliphatic hydroxyl groups is 1. The van der Waals surface area contributed by atoms with Crippen molar-refractivity contribution in [1.82, 2.24) is 4.90 Å². The van der Waals surface area contributed by atoms with Crippen molar-refractivity contribution in [1.29, 1.82) is 0 Å². The number of hydrogen-bond acceptors (Lipinski definition) is 3. The highest BCUT2D eigenvalue weighted by molar-refractivity contribution is 5.81. The van der Waals surface area contributed by atoms with Crippen molar-refractivity contribution in [2.45, 2.75) is 38.5 Å². The molecule has 1 N–H and O–H groups in total. The third kappa shape index (κ3) is 2.96. The maximum atomic E-state index is 12.1. The monoisotopic (exact) mass is 263 g/mol. The minimum absolute atomic E-state index is 0.128. The van der Waals surface area contributed by atoms with Gasteiger partial charge in [-0.1, -0.05) is 30.3 Å². The lowest BCUT2D eigenvalue weighted by Crippen LogP contribution is -2.58. The molecule has 104 valence electrons. The van der Waals surface area contributed by atoms with Gasteiger partial charge in [0.2, 0.25) is 0 Å². The van der Waals surface area contributed by atoms with Gasteiger partial charge in [-0.15, -0.1) is 0 Å². The smallest absolute Gasteiger partial charge is 0.251 e. The Balaban J connectivity index is 2.19. The molecular formula is C15H21NO3. The summed E-state index contributed by atoms with van der Waals surface area (Å²) in [7, 11) is 0. The second-order valence-electron chi connectivity index (χ2n) is 5.65. The molecule has 0 saturated carbocycles. The second kappa shape index (κ2) is 5.31. The number of carbonyl (C=O) groups excluding carboxylic acids is 1. The first kappa shape index (κ1) is 14.0. The Hall–Kier alpha value is -1.39. The van der Waals surface area contributed by atoms with E-state index in [0.29, 0.717) is 13.2 Å². The predicted molar refractivity (Wildman–Crippen MR) is 72.6 cm³/mol. The van der Waals surface area contributed by atoms with Crippen molar-refractivity contribution < 1.29 is 14.6 Å². The van der Waals surface area contributed by atoms with Crippen molar-refractivity contribution in [3.8, 4) is 0 Å². The van der Waals surface area contributed by atoms with E-state index in [1.165, 1.54) is 6.92 Å². The summed E-state index contributed by atoms with van der Waals surface area (Å²) in [6.07, 6.45) is -1.11. The summed E-state index contributed by atoms with van der Waals surface area (Å²) in [4.78, 5) is 13.8. The second-order valence-corrected chi connectivity index (χ2v) is 5.65. The average Bonchev–Trinajstić information content (AvgIpc) is 2.38. The first-order chi connectivity index (χ1) is 8.92. The third-order valence-electron chi connectivity index (χ3n) is 3.51. The summed E-state index contributed by atoms with van der Waals surface area (Å²) in [6.45, 7) is 6.35. The number of aliphatic hydroxyl groups excluding tert-OH is 1. The van der Waals surface area contributed by atoms with Crippen LogP contribution < -0.4 is 0 Å². The zero-order valence-electron chi connectivity index (χ0n) is 11.7. The van der Waals surface area contributed by atoms with Gasteiger partial charge in [0, 0.05) is 0 Å². The van der Waals surface area contributed by atoms with Gasteiger partial charge < -0.3 is 14.7 Å². The topological polar surface area (TPSA) is 49.8 Å². The fourth-order valence-electron chi connectivity index (χ4n) is 2.33. The van der Waals surface area contributed by atoms with Gasteiger partial charge in [0.25, 0.3) is 5.91 Å². The molecule has 0 aromatic heterocycles. The number of carbonyl (C=O) groups is 1. The Morgan fingerprint density at radius 2 is 2.05 bits per heavy atom. The van der Waals surface area contributed by atoms with Gasteiger partial charge in [-0.3, -0.25) is 4.79 Å². The van der Waals surface area contributed by atoms with E-state index in [0.717, 1.165) is 5.56 Å². The molecule has 4 heteroatoms. The standard InChI is InChI=1S/C15H21NO3/c1-11(17)14(18)16-9-13(19-10-15(16,2)3)12-7-5-4-6-8-12/h4-8,11,13,17H,9-10H2,1-3H3. The van der Waals surface area contributed by atoms with Gasteiger partial charge in [-0.05, 0) is 26.3 Å². The van der Waals surface area contributed by atoms with Crippen molar-refractivity contribution in [3.63, 3.8) is 0 Å². The number of amides is 1. The van der Waals surface area contributed by atoms with E-state index in [2.05, 4.69) is 0 Å². The summed E-state index contributed by atoms with van der Waals surface area (Å²) < 4.78 is 5.86. The Labute approximate surface area is 114 Å². The molecular weight excluding hydrogens is 242 g/mol. The van der Waals surface area contributed by atoms with E-state index < -0.39 is 6.10 Å². The van der Waals surface area contributed by atoms with Gasteiger partial charge in [0.1, 0.15) is 12.2 Å². The molecule has 0 aliphatic carbocycles. The molecule has 1 amide bonds. The summed E-state index contributed by atoms with van der Waals surface area (Å²) in [5.74, 6) is -0.241. The Morgan fingerprint density at radius 3 is 2.63 bits per heavy atom. The molecule has 4 nitrogen and oxygen atoms in total. The summed E-state index contributed by atoms with van der Waals surface area (Å²) in [6, 6.07) is 9.86. The first-order valence-corrected chi connectivity index (χ1v) is 6.58. The summed E-state index contributed by atoms with van der Waals surface area (Å²) in [5, 5.41) is 9.53. The fraction of sp³-hybridized carbons (Fsp3) is 0.533. The van der Waals surface area contributed by atoms with E-state index in [1.807, 2.05) is 44.2 Å². The van der Waals surface area contributed by atoms with Gasteiger partial charge in [0.15, 0.2) is 0 Å². The van der Waals surface area contributed by atoms with Crippen molar-refractivity contribution in [3.05, 3.63) is 35.9 Å². The van der Waals surface area contributed by atoms with Crippen molar-refractivity contribution in [2.75, 3.05) is 13.2 Å². The molecule has 2 unspecified atom stereocenters. The molecule has 19 heavy (non-hydrogen) atoms. The van der Waals surface area contributed by atoms with Crippen LogP contribution in [0, 0.1) is 0 Å². The lowest BCUT2D eigenvalue weighted by Gasteiger charge is -2.46. The number of ether oxygens (including phenoxy) is 1. The fourth-order valence-corrected chi connectivity index (χ4v) is 2.33. The van der Waals surface area contributed by atoms with Crippen LogP contribution in [0.5, 0.6) is 0 Å². The maximum absolute atomic E-state index is 12.1. The number of benzene rings is 1. The molecule has 2 atom stereocenters. The van der Waals surface area contributed by atoms with E-state index in [1.54, 1.807) is 4.90 Å². The molecule has 1 heterocycles. The zero-order valence-corrected chi connectivity index (χ0v) is 11.7. The molecule has 1 aromatic carbocycles. The van der Waals surface area contributed by atoms with Crippen molar-refractivity contribution in [2.24, 2.45) is 0 Å². The molecule has 0 radical (unpaired) electrons. The number of hydrogen-bond donors (Lipinski definition) is 1. The van der Waals surface area contributed by atoms with Crippen LogP contribution in [0.3, 0.4) is 0 Å². The van der Waals surface area contributed by atoms with Gasteiger partial charge in [-0.25, -0.2) is 0 Å². The minimum atomic E-state index is -0.978. The number of morpholine rings is 1. The highest BCUT2D eigenvalue weighted by atomic mass is 16.5. The van der Waals surface area contributed by atoms with Crippen LogP contribution in [0.2, 0.25) is 0 Å². The highest BCUT2D eigenvalue weighted by Gasteiger charge is 2.39. The minimum Gasteiger partial charge on any atom is -0.384 e. The Morgan fingerprint density at radius 1 is 1.42 bits per heavy atom. The molecule has 1 aliphatic heterocycles. The number of nitrogens with zero attached hydrogens (tertiary/aromatic N) is 1. The molecule has 0 spiro atoms. The molecule has 2 rings (SSSR count). The zero-order chi connectivity index (χ0) is 14.0. The van der Waals surface area contributed by atoms with Crippen molar-refractivity contribution >= 4 is 5.91 Å². The molecule has 1 aliphatic rings. The van der Waals surface area contributed by atoms with Crippen LogP contribution in [0.25, 0.3) is 0 Å². The Kier molecular flexibility index (Phi) is 3.92. The van der Waals surface area contributed by atoms with E-state index in [4.69, 9.17) is 4.74 Å². The lowest BCUT2D eigenvalue weighted by atomic mass is 9.97. The van der Waals surface area contributed by atoms with Crippen LogP contribution in [0.15, 0.2) is 30.3 Å². The van der Waals surface area contributed by atoms with Gasteiger partial charge in [0.05, 0.1) is 18.7 Å². The van der Waals surface area contributed by atoms with Crippen LogP contribution in [0.1, 0.15) is 32.4 Å². The quantitative estimate of drug-likeness (QED) is 0.884. The van der Waals surface area contributed by atoms with Crippen LogP contribution in [-0.4, -0.2) is 40.7 Å². The molecule has 1 saturated heterocycles. The lowest BCUT2D eigenvalue weighted by molar-refractivity contribution is -0.162. The normalized spacial score (nSPS) is 24.0. The van der Waals surface area contributed by atoms with E-state index in [-0.39, 0.29) is 17.6 Å². The molecule has 0 bridgehead atoms. The Bertz CT molecular complexity index is 442. The van der Waals surface area contributed by atoms with Crippen LogP contribution in [0.4, 0.5) is 0 Å². The van der Waals surface area contributed by atoms with Gasteiger partial charge >= 0.3 is 0 Å². The largest absolute Gasteiger partial charge is 0.384 e. The highest BCUT2D eigenvalue weighted by Crippen LogP contribution is 2.30. The molecule has 1 fully saturated rings. The maximum Gasteiger partial charge on any atom is 0.251 e. The van der Waals surface area contributed by atoms with Gasteiger partial charge in [-0.2, -0.15) is 0 Å². The van der Waals surface area contributed by atoms with E-state index >= 15 is 0 Å². The van der Waals surface area contributed by atoms with Crippen LogP contribution in [-0.2, 0) is 9.53 Å². The summed E-state index contributed by atoms with van der Waals surface area (Å²) >= 11 is 0. The third-order valence-corrected chi connectivity index (χ3v) is 3.51. The van der Waals surface area contributed by atoms with Crippen LogP contribution >= 0.6 is 0 Å².